The molecular weight excluding hydrogens is 264 g/mol. The number of nitrogens with one attached hydrogen (secondary N) is 1. The van der Waals surface area contributed by atoms with Crippen molar-refractivity contribution in [3.63, 3.8) is 0 Å². The lowest BCUT2D eigenvalue weighted by Crippen LogP contribution is -2.07. The molecule has 0 amide bonds. The van der Waals surface area contributed by atoms with E-state index in [4.69, 9.17) is 0 Å². The number of fused-ring (bicyclic) bond motifs is 1. The van der Waals surface area contributed by atoms with Crippen LogP contribution in [0.5, 0.6) is 0 Å². The Balaban J connectivity index is 1.95. The Kier molecular flexibility index (Phi) is 3.51. The van der Waals surface area contributed by atoms with Crippen LogP contribution in [-0.4, -0.2) is 25.0 Å². The van der Waals surface area contributed by atoms with Crippen LogP contribution in [0.2, 0.25) is 0 Å². The minimum Gasteiger partial charge on any atom is -0.364 e. The van der Waals surface area contributed by atoms with Crippen LogP contribution in [0.4, 0.5) is 5.82 Å². The maximum atomic E-state index is 4.46. The molecule has 108 valence electrons. The molecule has 3 rings (SSSR count). The van der Waals surface area contributed by atoms with Crippen LogP contribution in [0.1, 0.15) is 31.3 Å². The first-order valence-corrected chi connectivity index (χ1v) is 7.02. The molecule has 0 spiro atoms. The van der Waals surface area contributed by atoms with Gasteiger partial charge in [0, 0.05) is 6.54 Å². The second-order valence-electron chi connectivity index (χ2n) is 5.26. The van der Waals surface area contributed by atoms with Gasteiger partial charge in [-0.1, -0.05) is 35.5 Å². The first-order valence-electron chi connectivity index (χ1n) is 7.02. The monoisotopic (exact) mass is 282 g/mol. The Morgan fingerprint density at radius 1 is 1.14 bits per heavy atom. The molecule has 0 aliphatic rings. The van der Waals surface area contributed by atoms with Crippen molar-refractivity contribution in [2.75, 3.05) is 5.32 Å². The molecule has 0 bridgehead atoms. The number of rotatable bonds is 4. The molecular formula is C15H18N6. The van der Waals surface area contributed by atoms with Gasteiger partial charge >= 0.3 is 0 Å². The van der Waals surface area contributed by atoms with Crippen molar-refractivity contribution in [1.29, 1.82) is 0 Å². The molecule has 0 fully saturated rings. The van der Waals surface area contributed by atoms with Crippen molar-refractivity contribution >= 4 is 17.0 Å². The molecule has 0 atom stereocenters. The molecule has 0 unspecified atom stereocenters. The molecule has 0 saturated heterocycles. The van der Waals surface area contributed by atoms with Gasteiger partial charge in [0.15, 0.2) is 17.0 Å². The second kappa shape index (κ2) is 5.47. The van der Waals surface area contributed by atoms with Crippen LogP contribution >= 0.6 is 0 Å². The van der Waals surface area contributed by atoms with Gasteiger partial charge in [0.2, 0.25) is 0 Å². The molecule has 1 N–H and O–H groups in total. The van der Waals surface area contributed by atoms with E-state index in [0.717, 1.165) is 11.5 Å². The summed E-state index contributed by atoms with van der Waals surface area (Å²) in [5.74, 6) is 1.44. The summed E-state index contributed by atoms with van der Waals surface area (Å²) in [5, 5.41) is 11.7. The molecule has 21 heavy (non-hydrogen) atoms. The maximum absolute atomic E-state index is 4.46. The molecule has 1 aromatic carbocycles. The van der Waals surface area contributed by atoms with Crippen molar-refractivity contribution in [3.05, 3.63) is 41.7 Å². The molecule has 0 radical (unpaired) electrons. The standard InChI is InChI=1S/C15H18N6/c1-10(2)21-15-13(19-20-21)14(17-11(3)18-15)16-9-12-7-5-4-6-8-12/h4-8,10H,9H2,1-3H3,(H,16,17,18). The summed E-state index contributed by atoms with van der Waals surface area (Å²) in [5.41, 5.74) is 2.68. The third kappa shape index (κ3) is 2.69. The van der Waals surface area contributed by atoms with Gasteiger partial charge < -0.3 is 5.32 Å². The van der Waals surface area contributed by atoms with Gasteiger partial charge in [0.05, 0.1) is 6.04 Å². The number of benzene rings is 1. The molecule has 3 aromatic rings. The third-order valence-electron chi connectivity index (χ3n) is 3.23. The van der Waals surface area contributed by atoms with E-state index in [1.807, 2.05) is 29.8 Å². The van der Waals surface area contributed by atoms with Gasteiger partial charge in [-0.25, -0.2) is 14.6 Å². The highest BCUT2D eigenvalue weighted by molar-refractivity contribution is 5.82. The minimum atomic E-state index is 0.214. The van der Waals surface area contributed by atoms with Crippen molar-refractivity contribution in [3.8, 4) is 0 Å². The van der Waals surface area contributed by atoms with Crippen LogP contribution in [0.15, 0.2) is 30.3 Å². The SMILES string of the molecule is Cc1nc(NCc2ccccc2)c2nnn(C(C)C)c2n1. The Morgan fingerprint density at radius 2 is 1.90 bits per heavy atom. The van der Waals surface area contributed by atoms with E-state index in [1.165, 1.54) is 5.56 Å². The fourth-order valence-electron chi connectivity index (χ4n) is 2.19. The molecule has 6 heteroatoms. The summed E-state index contributed by atoms with van der Waals surface area (Å²) in [6.45, 7) is 6.69. The van der Waals surface area contributed by atoms with E-state index in [9.17, 15) is 0 Å². The van der Waals surface area contributed by atoms with Crippen molar-refractivity contribution in [1.82, 2.24) is 25.0 Å². The van der Waals surface area contributed by atoms with Gasteiger partial charge in [-0.3, -0.25) is 0 Å². The Labute approximate surface area is 123 Å². The number of nitrogens with zero attached hydrogens (tertiary/aromatic N) is 5. The molecule has 2 heterocycles. The van der Waals surface area contributed by atoms with E-state index in [0.29, 0.717) is 17.9 Å². The highest BCUT2D eigenvalue weighted by Gasteiger charge is 2.14. The summed E-state index contributed by atoms with van der Waals surface area (Å²) in [7, 11) is 0. The average molecular weight is 282 g/mol. The lowest BCUT2D eigenvalue weighted by Gasteiger charge is -2.08. The number of hydrogen-bond donors (Lipinski definition) is 1. The van der Waals surface area contributed by atoms with Crippen LogP contribution in [0.25, 0.3) is 11.2 Å². The van der Waals surface area contributed by atoms with E-state index >= 15 is 0 Å². The Morgan fingerprint density at radius 3 is 2.62 bits per heavy atom. The fourth-order valence-corrected chi connectivity index (χ4v) is 2.19. The third-order valence-corrected chi connectivity index (χ3v) is 3.23. The molecule has 0 aliphatic carbocycles. The van der Waals surface area contributed by atoms with Gasteiger partial charge in [0.1, 0.15) is 5.82 Å². The van der Waals surface area contributed by atoms with Gasteiger partial charge in [0.25, 0.3) is 0 Å². The topological polar surface area (TPSA) is 68.5 Å². The zero-order chi connectivity index (χ0) is 14.8. The Hall–Kier alpha value is -2.50. The number of anilines is 1. The predicted molar refractivity (Wildman–Crippen MR) is 82.0 cm³/mol. The summed E-state index contributed by atoms with van der Waals surface area (Å²) in [6.07, 6.45) is 0. The van der Waals surface area contributed by atoms with E-state index in [1.54, 1.807) is 0 Å². The zero-order valence-electron chi connectivity index (χ0n) is 12.4. The lowest BCUT2D eigenvalue weighted by molar-refractivity contribution is 0.526. The molecule has 0 saturated carbocycles. The highest BCUT2D eigenvalue weighted by atomic mass is 15.5. The molecule has 6 nitrogen and oxygen atoms in total. The lowest BCUT2D eigenvalue weighted by atomic mass is 10.2. The van der Waals surface area contributed by atoms with E-state index in [-0.39, 0.29) is 6.04 Å². The van der Waals surface area contributed by atoms with Gasteiger partial charge in [-0.15, -0.1) is 5.10 Å². The van der Waals surface area contributed by atoms with Crippen LogP contribution in [0.3, 0.4) is 0 Å². The number of aryl methyl sites for hydroxylation is 1. The summed E-state index contributed by atoms with van der Waals surface area (Å²) in [6, 6.07) is 10.4. The maximum Gasteiger partial charge on any atom is 0.184 e. The van der Waals surface area contributed by atoms with Crippen molar-refractivity contribution < 1.29 is 0 Å². The summed E-state index contributed by atoms with van der Waals surface area (Å²) >= 11 is 0. The normalized spacial score (nSPS) is 11.2. The van der Waals surface area contributed by atoms with Gasteiger partial charge in [-0.05, 0) is 26.3 Å². The Bertz CT molecular complexity index is 747. The van der Waals surface area contributed by atoms with Gasteiger partial charge in [-0.2, -0.15) is 0 Å². The fraction of sp³-hybridized carbons (Fsp3) is 0.333. The van der Waals surface area contributed by atoms with Crippen LogP contribution < -0.4 is 5.32 Å². The summed E-state index contributed by atoms with van der Waals surface area (Å²) < 4.78 is 1.82. The average Bonchev–Trinajstić information content (AvgIpc) is 2.89. The second-order valence-corrected chi connectivity index (χ2v) is 5.26. The zero-order valence-corrected chi connectivity index (χ0v) is 12.4. The highest BCUT2D eigenvalue weighted by Crippen LogP contribution is 2.20. The molecule has 2 aromatic heterocycles. The first-order chi connectivity index (χ1) is 10.1. The van der Waals surface area contributed by atoms with Crippen LogP contribution in [0, 0.1) is 6.92 Å². The van der Waals surface area contributed by atoms with Crippen molar-refractivity contribution in [2.45, 2.75) is 33.4 Å². The molecule has 0 aliphatic heterocycles. The predicted octanol–water partition coefficient (Wildman–Crippen LogP) is 2.72. The van der Waals surface area contributed by atoms with Crippen molar-refractivity contribution in [2.24, 2.45) is 0 Å². The number of aromatic nitrogens is 5. The first kappa shape index (κ1) is 13.5. The quantitative estimate of drug-likeness (QED) is 0.797. The summed E-state index contributed by atoms with van der Waals surface area (Å²) in [4.78, 5) is 8.91. The van der Waals surface area contributed by atoms with Crippen LogP contribution in [-0.2, 0) is 6.54 Å². The smallest absolute Gasteiger partial charge is 0.184 e. The minimum absolute atomic E-state index is 0.214. The largest absolute Gasteiger partial charge is 0.364 e. The number of hydrogen-bond acceptors (Lipinski definition) is 5. The van der Waals surface area contributed by atoms with E-state index in [2.05, 4.69) is 51.6 Å². The van der Waals surface area contributed by atoms with E-state index < -0.39 is 0 Å².